The smallest absolute Gasteiger partial charge is 0.341 e. The molecular weight excluding hydrogens is 382 g/mol. The number of carbonyl (C=O) groups is 2. The highest BCUT2D eigenvalue weighted by molar-refractivity contribution is 7.17. The summed E-state index contributed by atoms with van der Waals surface area (Å²) in [7, 11) is 1.40. The normalized spacial score (nSPS) is 16.3. The summed E-state index contributed by atoms with van der Waals surface area (Å²) in [6.07, 6.45) is 3.98. The van der Waals surface area contributed by atoms with Crippen molar-refractivity contribution < 1.29 is 14.3 Å². The van der Waals surface area contributed by atoms with Gasteiger partial charge in [0.05, 0.1) is 12.7 Å². The van der Waals surface area contributed by atoms with Crippen LogP contribution >= 0.6 is 11.3 Å². The lowest BCUT2D eigenvalue weighted by Crippen LogP contribution is -2.28. The zero-order valence-electron chi connectivity index (χ0n) is 18.3. The summed E-state index contributed by atoms with van der Waals surface area (Å²) < 4.78 is 5.06. The number of carbonyl (C=O) groups excluding carboxylic acids is 2. The quantitative estimate of drug-likeness (QED) is 0.617. The van der Waals surface area contributed by atoms with Crippen LogP contribution in [0, 0.1) is 25.2 Å². The number of thiophene rings is 1. The van der Waals surface area contributed by atoms with Gasteiger partial charge >= 0.3 is 5.97 Å². The van der Waals surface area contributed by atoms with E-state index in [0.717, 1.165) is 42.4 Å². The van der Waals surface area contributed by atoms with Crippen molar-refractivity contribution in [2.24, 2.45) is 11.3 Å². The fourth-order valence-electron chi connectivity index (χ4n) is 4.01. The second kappa shape index (κ2) is 8.31. The van der Waals surface area contributed by atoms with Crippen LogP contribution in [0.3, 0.4) is 0 Å². The Balaban J connectivity index is 1.94. The van der Waals surface area contributed by atoms with Crippen LogP contribution in [0.5, 0.6) is 0 Å². The number of amides is 1. The molecule has 1 heterocycles. The van der Waals surface area contributed by atoms with E-state index in [-0.39, 0.29) is 17.3 Å². The number of hydrogen-bond donors (Lipinski definition) is 1. The first kappa shape index (κ1) is 21.6. The number of methoxy groups -OCH3 is 1. The number of nitrogens with one attached hydrogen (secondary N) is 1. The topological polar surface area (TPSA) is 55.4 Å². The summed E-state index contributed by atoms with van der Waals surface area (Å²) in [5.74, 6) is 0.0147. The highest BCUT2D eigenvalue weighted by Crippen LogP contribution is 2.45. The van der Waals surface area contributed by atoms with E-state index in [1.165, 1.54) is 23.3 Å². The number of rotatable bonds is 5. The minimum Gasteiger partial charge on any atom is -0.465 e. The predicted octanol–water partition coefficient (Wildman–Crippen LogP) is 5.94. The maximum atomic E-state index is 12.9. The van der Waals surface area contributed by atoms with Gasteiger partial charge in [0.2, 0.25) is 0 Å². The molecule has 0 radical (unpaired) electrons. The number of anilines is 1. The fraction of sp³-hybridized carbons (Fsp3) is 0.500. The van der Waals surface area contributed by atoms with Crippen LogP contribution in [-0.2, 0) is 17.6 Å². The number of esters is 1. The Morgan fingerprint density at radius 2 is 1.97 bits per heavy atom. The van der Waals surface area contributed by atoms with Crippen LogP contribution < -0.4 is 5.32 Å². The molecule has 0 bridgehead atoms. The van der Waals surface area contributed by atoms with E-state index in [2.05, 4.69) is 26.1 Å². The fourth-order valence-corrected chi connectivity index (χ4v) is 5.32. The standard InChI is InChI=1S/C24H31NO3S/c1-7-24(4,5)17-10-11-18-19(13-17)29-22(20(18)23(27)28-6)25-21(26)16-9-8-14(2)15(3)12-16/h8-9,12,17H,7,10-11,13H2,1-6H3,(H,25,26). The zero-order chi connectivity index (χ0) is 21.3. The van der Waals surface area contributed by atoms with E-state index in [1.807, 2.05) is 32.0 Å². The molecule has 29 heavy (non-hydrogen) atoms. The Labute approximate surface area is 177 Å². The Morgan fingerprint density at radius 1 is 1.24 bits per heavy atom. The Morgan fingerprint density at radius 3 is 2.59 bits per heavy atom. The molecule has 2 aromatic rings. The lowest BCUT2D eigenvalue weighted by atomic mass is 9.69. The van der Waals surface area contributed by atoms with Gasteiger partial charge in [-0.3, -0.25) is 4.79 Å². The molecule has 5 heteroatoms. The molecule has 1 atom stereocenters. The van der Waals surface area contributed by atoms with Crippen molar-refractivity contribution in [2.45, 2.75) is 60.3 Å². The molecular formula is C24H31NO3S. The van der Waals surface area contributed by atoms with Crippen LogP contribution in [-0.4, -0.2) is 19.0 Å². The lowest BCUT2D eigenvalue weighted by Gasteiger charge is -2.36. The zero-order valence-corrected chi connectivity index (χ0v) is 19.1. The summed E-state index contributed by atoms with van der Waals surface area (Å²) in [6.45, 7) is 10.9. The second-order valence-electron chi connectivity index (χ2n) is 8.73. The molecule has 0 spiro atoms. The largest absolute Gasteiger partial charge is 0.465 e. The summed E-state index contributed by atoms with van der Waals surface area (Å²) in [5.41, 5.74) is 4.67. The van der Waals surface area contributed by atoms with E-state index < -0.39 is 0 Å². The van der Waals surface area contributed by atoms with Crippen molar-refractivity contribution >= 4 is 28.2 Å². The average molecular weight is 414 g/mol. The van der Waals surface area contributed by atoms with Gasteiger partial charge in [-0.15, -0.1) is 11.3 Å². The molecule has 1 amide bonds. The third-order valence-corrected chi connectivity index (χ3v) is 7.84. The van der Waals surface area contributed by atoms with Crippen LogP contribution in [0.1, 0.15) is 75.9 Å². The summed E-state index contributed by atoms with van der Waals surface area (Å²) >= 11 is 1.53. The number of benzene rings is 1. The SMILES string of the molecule is CCC(C)(C)C1CCc2c(sc(NC(=O)c3ccc(C)c(C)c3)c2C(=O)OC)C1. The molecule has 0 saturated carbocycles. The summed E-state index contributed by atoms with van der Waals surface area (Å²) in [5, 5.41) is 3.60. The molecule has 1 aliphatic rings. The second-order valence-corrected chi connectivity index (χ2v) is 9.84. The van der Waals surface area contributed by atoms with Crippen LogP contribution in [0.25, 0.3) is 0 Å². The first-order valence-electron chi connectivity index (χ1n) is 10.3. The van der Waals surface area contributed by atoms with E-state index in [0.29, 0.717) is 22.0 Å². The van der Waals surface area contributed by atoms with Gasteiger partial charge in [-0.25, -0.2) is 4.79 Å². The van der Waals surface area contributed by atoms with Gasteiger partial charge in [0.1, 0.15) is 5.00 Å². The van der Waals surface area contributed by atoms with E-state index in [1.54, 1.807) is 0 Å². The Bertz CT molecular complexity index is 942. The molecule has 1 unspecified atom stereocenters. The predicted molar refractivity (Wildman–Crippen MR) is 119 cm³/mol. The first-order chi connectivity index (χ1) is 13.7. The van der Waals surface area contributed by atoms with Crippen LogP contribution in [0.15, 0.2) is 18.2 Å². The number of hydrogen-bond acceptors (Lipinski definition) is 4. The van der Waals surface area contributed by atoms with Crippen molar-refractivity contribution in [3.05, 3.63) is 50.9 Å². The number of ether oxygens (including phenoxy) is 1. The first-order valence-corrected chi connectivity index (χ1v) is 11.1. The van der Waals surface area contributed by atoms with E-state index in [4.69, 9.17) is 4.74 Å². The monoisotopic (exact) mass is 413 g/mol. The Hall–Kier alpha value is -2.14. The maximum absolute atomic E-state index is 12.9. The number of aryl methyl sites for hydroxylation is 2. The van der Waals surface area contributed by atoms with Gasteiger partial charge < -0.3 is 10.1 Å². The van der Waals surface area contributed by atoms with Gasteiger partial charge in [0.15, 0.2) is 0 Å². The molecule has 0 saturated heterocycles. The van der Waals surface area contributed by atoms with Crippen molar-refractivity contribution in [2.75, 3.05) is 12.4 Å². The van der Waals surface area contributed by atoms with E-state index in [9.17, 15) is 9.59 Å². The molecule has 1 N–H and O–H groups in total. The van der Waals surface area contributed by atoms with E-state index >= 15 is 0 Å². The van der Waals surface area contributed by atoms with Crippen LogP contribution in [0.2, 0.25) is 0 Å². The highest BCUT2D eigenvalue weighted by Gasteiger charge is 2.35. The minimum atomic E-state index is -0.369. The third-order valence-electron chi connectivity index (χ3n) is 6.67. The van der Waals surface area contributed by atoms with Crippen molar-refractivity contribution in [3.8, 4) is 0 Å². The molecule has 1 aliphatic carbocycles. The maximum Gasteiger partial charge on any atom is 0.341 e. The van der Waals surface area contributed by atoms with Crippen molar-refractivity contribution in [1.82, 2.24) is 0 Å². The summed E-state index contributed by atoms with van der Waals surface area (Å²) in [6, 6.07) is 5.65. The minimum absolute atomic E-state index is 0.192. The van der Waals surface area contributed by atoms with Gasteiger partial charge in [-0.1, -0.05) is 33.3 Å². The van der Waals surface area contributed by atoms with Gasteiger partial charge in [0.25, 0.3) is 5.91 Å². The molecule has 1 aromatic carbocycles. The molecule has 4 nitrogen and oxygen atoms in total. The molecule has 3 rings (SSSR count). The average Bonchev–Trinajstić information content (AvgIpc) is 3.06. The van der Waals surface area contributed by atoms with Crippen molar-refractivity contribution in [1.29, 1.82) is 0 Å². The van der Waals surface area contributed by atoms with Crippen LogP contribution in [0.4, 0.5) is 5.00 Å². The molecule has 0 aliphatic heterocycles. The van der Waals surface area contributed by atoms with Gasteiger partial charge in [-0.2, -0.15) is 0 Å². The lowest BCUT2D eigenvalue weighted by molar-refractivity contribution is 0.0600. The van der Waals surface area contributed by atoms with Crippen molar-refractivity contribution in [3.63, 3.8) is 0 Å². The number of fused-ring (bicyclic) bond motifs is 1. The molecule has 156 valence electrons. The third kappa shape index (κ3) is 4.25. The van der Waals surface area contributed by atoms with Gasteiger partial charge in [-0.05, 0) is 73.3 Å². The Kier molecular flexibility index (Phi) is 6.18. The van der Waals surface area contributed by atoms with Gasteiger partial charge in [0, 0.05) is 10.4 Å². The molecule has 1 aromatic heterocycles. The molecule has 0 fully saturated rings. The summed E-state index contributed by atoms with van der Waals surface area (Å²) in [4.78, 5) is 26.6. The highest BCUT2D eigenvalue weighted by atomic mass is 32.1.